The van der Waals surface area contributed by atoms with Gasteiger partial charge in [0.2, 0.25) is 0 Å². The largest absolute Gasteiger partial charge is 0.494 e. The summed E-state index contributed by atoms with van der Waals surface area (Å²) < 4.78 is 7.56. The van der Waals surface area contributed by atoms with Crippen molar-refractivity contribution in [2.75, 3.05) is 26.2 Å². The molecule has 33 heavy (non-hydrogen) atoms. The van der Waals surface area contributed by atoms with Gasteiger partial charge in [0.05, 0.1) is 12.7 Å². The average molecular weight is 447 g/mol. The number of carbonyl (C=O) groups excluding carboxylic acids is 1. The molecule has 0 amide bonds. The summed E-state index contributed by atoms with van der Waals surface area (Å²) in [5.74, 6) is 0.718. The minimum atomic E-state index is -0.429. The molecule has 0 saturated carbocycles. The van der Waals surface area contributed by atoms with E-state index >= 15 is 0 Å². The molecule has 0 spiro atoms. The molecule has 1 aliphatic heterocycles. The Kier molecular flexibility index (Phi) is 7.97. The zero-order chi connectivity index (χ0) is 23.0. The van der Waals surface area contributed by atoms with E-state index in [9.17, 15) is 9.90 Å². The number of aliphatic hydroxyl groups is 1. The van der Waals surface area contributed by atoms with Crippen LogP contribution >= 0.6 is 0 Å². The van der Waals surface area contributed by atoms with Crippen molar-refractivity contribution in [2.24, 2.45) is 0 Å². The van der Waals surface area contributed by atoms with Gasteiger partial charge in [-0.05, 0) is 75.3 Å². The van der Waals surface area contributed by atoms with Crippen LogP contribution in [0.15, 0.2) is 60.8 Å². The lowest BCUT2D eigenvalue weighted by Gasteiger charge is -2.23. The Labute approximate surface area is 196 Å². The number of allylic oxidation sites excluding steroid dienone is 1. The maximum atomic E-state index is 12.7. The SMILES string of the molecule is CCOc1ccc(C(=O)/C=C/c2cn(C[C@H](O)CN3CCCCCC3)c3ccccc23)cc1. The third-order valence-corrected chi connectivity index (χ3v) is 6.26. The van der Waals surface area contributed by atoms with Crippen LogP contribution in [-0.2, 0) is 6.54 Å². The summed E-state index contributed by atoms with van der Waals surface area (Å²) in [5.41, 5.74) is 2.68. The Morgan fingerprint density at radius 3 is 2.48 bits per heavy atom. The molecule has 174 valence electrons. The first kappa shape index (κ1) is 23.3. The van der Waals surface area contributed by atoms with Gasteiger partial charge in [-0.25, -0.2) is 0 Å². The zero-order valence-electron chi connectivity index (χ0n) is 19.5. The molecule has 0 radical (unpaired) electrons. The lowest BCUT2D eigenvalue weighted by molar-refractivity contribution is 0.101. The van der Waals surface area contributed by atoms with Crippen molar-refractivity contribution in [2.45, 2.75) is 45.3 Å². The monoisotopic (exact) mass is 446 g/mol. The molecule has 1 aromatic heterocycles. The molecule has 5 nitrogen and oxygen atoms in total. The molecule has 1 N–H and O–H groups in total. The van der Waals surface area contributed by atoms with Gasteiger partial charge < -0.3 is 19.3 Å². The van der Waals surface area contributed by atoms with Gasteiger partial charge in [0.15, 0.2) is 5.78 Å². The second-order valence-electron chi connectivity index (χ2n) is 8.78. The summed E-state index contributed by atoms with van der Waals surface area (Å²) in [6.45, 7) is 5.93. The number of likely N-dealkylation sites (tertiary alicyclic amines) is 1. The molecule has 1 aliphatic rings. The van der Waals surface area contributed by atoms with Crippen molar-refractivity contribution in [3.8, 4) is 5.75 Å². The highest BCUT2D eigenvalue weighted by Crippen LogP contribution is 2.24. The summed E-state index contributed by atoms with van der Waals surface area (Å²) in [7, 11) is 0. The molecule has 0 bridgehead atoms. The predicted octanol–water partition coefficient (Wildman–Crippen LogP) is 5.17. The molecule has 0 aliphatic carbocycles. The van der Waals surface area contributed by atoms with Gasteiger partial charge in [-0.15, -0.1) is 0 Å². The van der Waals surface area contributed by atoms with Crippen LogP contribution in [0.4, 0.5) is 0 Å². The van der Waals surface area contributed by atoms with Crippen molar-refractivity contribution in [3.63, 3.8) is 0 Å². The summed E-state index contributed by atoms with van der Waals surface area (Å²) >= 11 is 0. The normalized spacial score (nSPS) is 16.2. The standard InChI is InChI=1S/C28H34N2O3/c1-2-33-25-14-11-22(12-15-25)28(32)16-13-23-19-30(27-10-6-5-9-26(23)27)21-24(31)20-29-17-7-3-4-8-18-29/h5-6,9-16,19,24,31H,2-4,7-8,17-18,20-21H2,1H3/b16-13+/t24-/m1/s1. The molecule has 2 aromatic carbocycles. The first-order chi connectivity index (χ1) is 16.1. The number of ketones is 1. The molecule has 1 atom stereocenters. The van der Waals surface area contributed by atoms with Gasteiger partial charge in [0.1, 0.15) is 5.75 Å². The van der Waals surface area contributed by atoms with E-state index in [4.69, 9.17) is 4.74 Å². The number of carbonyl (C=O) groups is 1. The van der Waals surface area contributed by atoms with Crippen molar-refractivity contribution in [1.82, 2.24) is 9.47 Å². The maximum Gasteiger partial charge on any atom is 0.185 e. The highest BCUT2D eigenvalue weighted by Gasteiger charge is 2.16. The Morgan fingerprint density at radius 2 is 1.76 bits per heavy atom. The Bertz CT molecular complexity index is 1080. The Morgan fingerprint density at radius 1 is 1.03 bits per heavy atom. The number of benzene rings is 2. The fraction of sp³-hybridized carbons (Fsp3) is 0.393. The molecular weight excluding hydrogens is 412 g/mol. The summed E-state index contributed by atoms with van der Waals surface area (Å²) in [4.78, 5) is 15.1. The smallest absolute Gasteiger partial charge is 0.185 e. The van der Waals surface area contributed by atoms with Crippen LogP contribution in [0, 0.1) is 0 Å². The highest BCUT2D eigenvalue weighted by atomic mass is 16.5. The molecule has 2 heterocycles. The first-order valence-corrected chi connectivity index (χ1v) is 12.1. The second kappa shape index (κ2) is 11.3. The van der Waals surface area contributed by atoms with Crippen LogP contribution in [0.5, 0.6) is 5.75 Å². The van der Waals surface area contributed by atoms with Crippen LogP contribution in [0.25, 0.3) is 17.0 Å². The van der Waals surface area contributed by atoms with Crippen LogP contribution in [0.3, 0.4) is 0 Å². The van der Waals surface area contributed by atoms with Gasteiger partial charge >= 0.3 is 0 Å². The van der Waals surface area contributed by atoms with Crippen molar-refractivity contribution in [3.05, 3.63) is 71.9 Å². The lowest BCUT2D eigenvalue weighted by Crippen LogP contribution is -2.35. The fourth-order valence-electron chi connectivity index (χ4n) is 4.60. The van der Waals surface area contributed by atoms with Gasteiger partial charge in [0, 0.05) is 41.3 Å². The number of β-amino-alcohol motifs (C(OH)–C–C–N with tert-alkyl or cyclic N) is 1. The number of aliphatic hydroxyl groups excluding tert-OH is 1. The highest BCUT2D eigenvalue weighted by molar-refractivity contribution is 6.07. The second-order valence-corrected chi connectivity index (χ2v) is 8.78. The Hall–Kier alpha value is -2.89. The molecule has 4 rings (SSSR count). The van der Waals surface area contributed by atoms with Crippen LogP contribution in [0.2, 0.25) is 0 Å². The summed E-state index contributed by atoms with van der Waals surface area (Å²) in [6.07, 6.45) is 10.1. The number of fused-ring (bicyclic) bond motifs is 1. The van der Waals surface area contributed by atoms with Gasteiger partial charge in [-0.3, -0.25) is 4.79 Å². The topological polar surface area (TPSA) is 54.7 Å². The maximum absolute atomic E-state index is 12.7. The zero-order valence-corrected chi connectivity index (χ0v) is 19.5. The summed E-state index contributed by atoms with van der Waals surface area (Å²) in [6, 6.07) is 15.4. The summed E-state index contributed by atoms with van der Waals surface area (Å²) in [5, 5.41) is 11.9. The number of aromatic nitrogens is 1. The molecule has 0 unspecified atom stereocenters. The number of para-hydroxylation sites is 1. The van der Waals surface area contributed by atoms with E-state index in [1.165, 1.54) is 25.7 Å². The van der Waals surface area contributed by atoms with Crippen molar-refractivity contribution < 1.29 is 14.6 Å². The third-order valence-electron chi connectivity index (χ3n) is 6.26. The number of rotatable bonds is 9. The average Bonchev–Trinajstić information content (AvgIpc) is 2.97. The van der Waals surface area contributed by atoms with E-state index in [2.05, 4.69) is 21.6 Å². The van der Waals surface area contributed by atoms with Crippen molar-refractivity contribution >= 4 is 22.8 Å². The van der Waals surface area contributed by atoms with E-state index in [1.54, 1.807) is 18.2 Å². The van der Waals surface area contributed by atoms with Crippen molar-refractivity contribution in [1.29, 1.82) is 0 Å². The molecule has 3 aromatic rings. The Balaban J connectivity index is 1.47. The van der Waals surface area contributed by atoms with Gasteiger partial charge in [0.25, 0.3) is 0 Å². The minimum Gasteiger partial charge on any atom is -0.494 e. The molecule has 1 saturated heterocycles. The molecular formula is C28H34N2O3. The van der Waals surface area contributed by atoms with E-state index in [0.29, 0.717) is 25.3 Å². The lowest BCUT2D eigenvalue weighted by atomic mass is 10.1. The van der Waals surface area contributed by atoms with Gasteiger partial charge in [-0.1, -0.05) is 31.0 Å². The van der Waals surface area contributed by atoms with E-state index < -0.39 is 6.10 Å². The van der Waals surface area contributed by atoms with Gasteiger partial charge in [-0.2, -0.15) is 0 Å². The molecule has 5 heteroatoms. The van der Waals surface area contributed by atoms with Crippen LogP contribution in [-0.4, -0.2) is 52.7 Å². The van der Waals surface area contributed by atoms with E-state index in [1.807, 2.05) is 43.5 Å². The number of ether oxygens (including phenoxy) is 1. The van der Waals surface area contributed by atoms with E-state index in [-0.39, 0.29) is 5.78 Å². The fourth-order valence-corrected chi connectivity index (χ4v) is 4.60. The molecule has 1 fully saturated rings. The number of hydrogen-bond acceptors (Lipinski definition) is 4. The van der Waals surface area contributed by atoms with E-state index in [0.717, 1.165) is 35.3 Å². The first-order valence-electron chi connectivity index (χ1n) is 12.1. The number of nitrogens with zero attached hydrogens (tertiary/aromatic N) is 2. The quantitative estimate of drug-likeness (QED) is 0.364. The minimum absolute atomic E-state index is 0.0453. The van der Waals surface area contributed by atoms with Crippen LogP contribution < -0.4 is 4.74 Å². The predicted molar refractivity (Wildman–Crippen MR) is 134 cm³/mol. The third kappa shape index (κ3) is 6.12. The van der Waals surface area contributed by atoms with Crippen LogP contribution in [0.1, 0.15) is 48.5 Å². The number of hydrogen-bond donors (Lipinski definition) is 1.